The van der Waals surface area contributed by atoms with Gasteiger partial charge in [-0.05, 0) is 55.2 Å². The van der Waals surface area contributed by atoms with E-state index in [2.05, 4.69) is 31.4 Å². The van der Waals surface area contributed by atoms with Gasteiger partial charge in [0.2, 0.25) is 0 Å². The Morgan fingerprint density at radius 2 is 2.07 bits per heavy atom. The van der Waals surface area contributed by atoms with Crippen LogP contribution in [0, 0.1) is 18.3 Å². The van der Waals surface area contributed by atoms with Crippen molar-refractivity contribution >= 4 is 22.2 Å². The molecule has 0 bridgehead atoms. The van der Waals surface area contributed by atoms with Gasteiger partial charge < -0.3 is 15.7 Å². The van der Waals surface area contributed by atoms with Crippen molar-refractivity contribution < 1.29 is 9.90 Å². The lowest BCUT2D eigenvalue weighted by molar-refractivity contribution is 0.0934. The van der Waals surface area contributed by atoms with Gasteiger partial charge in [0.05, 0.1) is 5.56 Å². The van der Waals surface area contributed by atoms with E-state index in [1.54, 1.807) is 17.4 Å². The van der Waals surface area contributed by atoms with E-state index in [1.807, 2.05) is 19.1 Å². The van der Waals surface area contributed by atoms with E-state index in [0.717, 1.165) is 35.4 Å². The number of thiophene rings is 1. The largest absolute Gasteiger partial charge is 0.508 e. The van der Waals surface area contributed by atoms with Gasteiger partial charge in [-0.25, -0.2) is 0 Å². The summed E-state index contributed by atoms with van der Waals surface area (Å²) in [5, 5.41) is 17.7. The topological polar surface area (TPSA) is 61.4 Å². The molecule has 1 aromatic carbocycles. The number of hydrogen-bond donors (Lipinski definition) is 3. The van der Waals surface area contributed by atoms with E-state index in [-0.39, 0.29) is 11.7 Å². The van der Waals surface area contributed by atoms with Crippen LogP contribution in [0.4, 0.5) is 5.00 Å². The van der Waals surface area contributed by atoms with Crippen molar-refractivity contribution in [2.45, 2.75) is 59.5 Å². The first-order valence-corrected chi connectivity index (χ1v) is 10.6. The van der Waals surface area contributed by atoms with Crippen molar-refractivity contribution in [1.29, 1.82) is 0 Å². The summed E-state index contributed by atoms with van der Waals surface area (Å²) in [6, 6.07) is 5.48. The maximum Gasteiger partial charge on any atom is 0.256 e. The molecule has 3 N–H and O–H groups in total. The number of fused-ring (bicyclic) bond motifs is 3. The SMILES string of the molecule is CCC(C)(C)[C@H]1CCc2c(sc3c2C(=O)N[C@@H](c2cc(C)ccc2O)N3)C1. The molecule has 5 heteroatoms. The fourth-order valence-electron chi connectivity index (χ4n) is 4.31. The molecule has 27 heavy (non-hydrogen) atoms. The number of benzene rings is 1. The molecule has 144 valence electrons. The molecule has 1 aromatic heterocycles. The zero-order valence-corrected chi connectivity index (χ0v) is 17.3. The molecule has 0 saturated carbocycles. The van der Waals surface area contributed by atoms with Crippen LogP contribution in [0.15, 0.2) is 18.2 Å². The zero-order valence-electron chi connectivity index (χ0n) is 16.5. The molecule has 4 rings (SSSR count). The Kier molecular flexibility index (Phi) is 4.46. The Labute approximate surface area is 165 Å². The van der Waals surface area contributed by atoms with E-state index in [4.69, 9.17) is 0 Å². The molecule has 0 saturated heterocycles. The molecular formula is C22H28N2O2S. The molecule has 0 fully saturated rings. The maximum absolute atomic E-state index is 12.9. The number of hydrogen-bond acceptors (Lipinski definition) is 4. The standard InChI is InChI=1S/C22H28N2O2S/c1-5-22(3,4)13-7-8-14-17(11-13)27-21-18(14)20(26)23-19(24-21)15-10-12(2)6-9-16(15)25/h6,9-10,13,19,24-25H,5,7-8,11H2,1-4H3,(H,23,26)/t13-,19+/m0/s1. The highest BCUT2D eigenvalue weighted by atomic mass is 32.1. The van der Waals surface area contributed by atoms with Gasteiger partial charge in [0.15, 0.2) is 0 Å². The molecule has 2 atom stereocenters. The van der Waals surface area contributed by atoms with Gasteiger partial charge in [-0.1, -0.05) is 38.8 Å². The van der Waals surface area contributed by atoms with E-state index in [9.17, 15) is 9.90 Å². The Hall–Kier alpha value is -2.01. The first-order chi connectivity index (χ1) is 12.8. The summed E-state index contributed by atoms with van der Waals surface area (Å²) in [6.45, 7) is 8.97. The Balaban J connectivity index is 1.66. The van der Waals surface area contributed by atoms with Crippen molar-refractivity contribution in [3.63, 3.8) is 0 Å². The minimum atomic E-state index is -0.395. The number of nitrogens with one attached hydrogen (secondary N) is 2. The summed E-state index contributed by atoms with van der Waals surface area (Å²) in [6.07, 6.45) is 3.96. The molecule has 4 nitrogen and oxygen atoms in total. The van der Waals surface area contributed by atoms with Crippen LogP contribution in [0.5, 0.6) is 5.75 Å². The van der Waals surface area contributed by atoms with Crippen molar-refractivity contribution in [3.8, 4) is 5.75 Å². The average molecular weight is 385 g/mol. The van der Waals surface area contributed by atoms with Gasteiger partial charge in [0.1, 0.15) is 16.9 Å². The highest BCUT2D eigenvalue weighted by Crippen LogP contribution is 2.47. The van der Waals surface area contributed by atoms with Crippen molar-refractivity contribution in [2.75, 3.05) is 5.32 Å². The highest BCUT2D eigenvalue weighted by molar-refractivity contribution is 7.16. The summed E-state index contributed by atoms with van der Waals surface area (Å²) in [7, 11) is 0. The Bertz CT molecular complexity index is 900. The maximum atomic E-state index is 12.9. The number of aryl methyl sites for hydroxylation is 1. The van der Waals surface area contributed by atoms with Crippen LogP contribution in [0.3, 0.4) is 0 Å². The lowest BCUT2D eigenvalue weighted by Crippen LogP contribution is -2.38. The number of carbonyl (C=O) groups excluding carboxylic acids is 1. The van der Waals surface area contributed by atoms with Crippen LogP contribution in [0.25, 0.3) is 0 Å². The zero-order chi connectivity index (χ0) is 19.3. The second-order valence-corrected chi connectivity index (χ2v) is 9.71. The third kappa shape index (κ3) is 3.12. The third-order valence-electron chi connectivity index (χ3n) is 6.55. The number of carbonyl (C=O) groups is 1. The first-order valence-electron chi connectivity index (χ1n) is 9.81. The van der Waals surface area contributed by atoms with Gasteiger partial charge >= 0.3 is 0 Å². The summed E-state index contributed by atoms with van der Waals surface area (Å²) < 4.78 is 0. The Morgan fingerprint density at radius 1 is 1.30 bits per heavy atom. The minimum absolute atomic E-state index is 0.0274. The van der Waals surface area contributed by atoms with E-state index in [1.165, 1.54) is 16.9 Å². The fourth-order valence-corrected chi connectivity index (χ4v) is 5.67. The molecule has 1 aliphatic carbocycles. The van der Waals surface area contributed by atoms with Crippen LogP contribution in [0.2, 0.25) is 0 Å². The van der Waals surface area contributed by atoms with Gasteiger partial charge in [0, 0.05) is 10.4 Å². The Morgan fingerprint density at radius 3 is 2.81 bits per heavy atom. The molecule has 0 radical (unpaired) electrons. The smallest absolute Gasteiger partial charge is 0.256 e. The molecule has 0 spiro atoms. The lowest BCUT2D eigenvalue weighted by atomic mass is 9.69. The number of amides is 1. The van der Waals surface area contributed by atoms with Crippen molar-refractivity contribution in [3.05, 3.63) is 45.3 Å². The van der Waals surface area contributed by atoms with E-state index >= 15 is 0 Å². The predicted octanol–water partition coefficient (Wildman–Crippen LogP) is 5.16. The summed E-state index contributed by atoms with van der Waals surface area (Å²) in [4.78, 5) is 14.3. The molecule has 1 aliphatic heterocycles. The summed E-state index contributed by atoms with van der Waals surface area (Å²) >= 11 is 1.73. The van der Waals surface area contributed by atoms with Crippen molar-refractivity contribution in [1.82, 2.24) is 5.32 Å². The van der Waals surface area contributed by atoms with Gasteiger partial charge in [-0.15, -0.1) is 11.3 Å². The molecule has 2 aliphatic rings. The van der Waals surface area contributed by atoms with Gasteiger partial charge in [-0.2, -0.15) is 0 Å². The highest BCUT2D eigenvalue weighted by Gasteiger charge is 2.37. The molecule has 2 aromatic rings. The number of aromatic hydroxyl groups is 1. The van der Waals surface area contributed by atoms with E-state index in [0.29, 0.717) is 16.9 Å². The number of phenolic OH excluding ortho intramolecular Hbond substituents is 1. The first kappa shape index (κ1) is 18.4. The van der Waals surface area contributed by atoms with E-state index < -0.39 is 6.17 Å². The van der Waals surface area contributed by atoms with Crippen LogP contribution in [-0.4, -0.2) is 11.0 Å². The average Bonchev–Trinajstić information content (AvgIpc) is 3.01. The van der Waals surface area contributed by atoms with Gasteiger partial charge in [-0.3, -0.25) is 4.79 Å². The minimum Gasteiger partial charge on any atom is -0.508 e. The number of rotatable bonds is 3. The van der Waals surface area contributed by atoms with Gasteiger partial charge in [0.25, 0.3) is 5.91 Å². The molecule has 0 unspecified atom stereocenters. The van der Waals surface area contributed by atoms with Crippen LogP contribution < -0.4 is 10.6 Å². The monoisotopic (exact) mass is 384 g/mol. The predicted molar refractivity (Wildman–Crippen MR) is 111 cm³/mol. The normalized spacial score (nSPS) is 21.9. The van der Waals surface area contributed by atoms with Crippen molar-refractivity contribution in [2.24, 2.45) is 11.3 Å². The fraction of sp³-hybridized carbons (Fsp3) is 0.500. The third-order valence-corrected chi connectivity index (χ3v) is 7.74. The van der Waals surface area contributed by atoms with Crippen LogP contribution in [0.1, 0.15) is 71.7 Å². The van der Waals surface area contributed by atoms with Crippen LogP contribution in [-0.2, 0) is 12.8 Å². The molecular weight excluding hydrogens is 356 g/mol. The summed E-state index contributed by atoms with van der Waals surface area (Å²) in [5.41, 5.74) is 4.15. The number of phenols is 1. The molecule has 1 amide bonds. The summed E-state index contributed by atoms with van der Waals surface area (Å²) in [5.74, 6) is 0.836. The van der Waals surface area contributed by atoms with Crippen LogP contribution >= 0.6 is 11.3 Å². The quantitative estimate of drug-likeness (QED) is 0.685. The number of anilines is 1. The second-order valence-electron chi connectivity index (χ2n) is 8.60. The lowest BCUT2D eigenvalue weighted by Gasteiger charge is -2.36. The second kappa shape index (κ2) is 6.55. The molecule has 2 heterocycles.